The van der Waals surface area contributed by atoms with Crippen molar-refractivity contribution in [1.82, 2.24) is 4.90 Å². The molecule has 2 rings (SSSR count). The van der Waals surface area contributed by atoms with Gasteiger partial charge in [0.05, 0.1) is 12.2 Å². The molecular formula is C15H14BrN2O5-. The van der Waals surface area contributed by atoms with Crippen molar-refractivity contribution in [3.8, 4) is 11.5 Å². The molecule has 0 aliphatic carbocycles. The number of carbonyl (C=O) groups is 1. The Hall–Kier alpha value is -2.29. The van der Waals surface area contributed by atoms with Crippen molar-refractivity contribution in [2.24, 2.45) is 0 Å². The molecule has 7 nitrogen and oxygen atoms in total. The normalized spacial score (nSPS) is 10.3. The zero-order valence-electron chi connectivity index (χ0n) is 12.1. The van der Waals surface area contributed by atoms with E-state index in [1.807, 2.05) is 0 Å². The Balaban J connectivity index is 2.05. The van der Waals surface area contributed by atoms with Crippen LogP contribution in [0.1, 0.15) is 5.56 Å². The number of benzene rings is 2. The molecule has 8 heteroatoms. The summed E-state index contributed by atoms with van der Waals surface area (Å²) >= 11 is 3.29. The molecule has 0 aliphatic rings. The molecule has 0 saturated carbocycles. The topological polar surface area (TPSA) is 96.3 Å². The fraction of sp³-hybridized carbons (Fsp3) is 0.133. The zero-order chi connectivity index (χ0) is 17.0. The van der Waals surface area contributed by atoms with Crippen molar-refractivity contribution in [3.63, 3.8) is 0 Å². The standard InChI is InChI=1S/C15H14BrN2O5/c1-17(9-10-7-11(16)5-6-14(10)19)15(20)23-13-4-2-3-12(8-13)18(21)22/h2-8,19,21H,9H2,1H3/q-1. The molecule has 0 heterocycles. The van der Waals surface area contributed by atoms with Gasteiger partial charge in [0.2, 0.25) is 0 Å². The summed E-state index contributed by atoms with van der Waals surface area (Å²) in [5.41, 5.74) is 0.497. The molecule has 2 aromatic rings. The Morgan fingerprint density at radius 3 is 2.74 bits per heavy atom. The quantitative estimate of drug-likeness (QED) is 0.786. The number of nitrogens with zero attached hydrogens (tertiary/aromatic N) is 2. The molecule has 2 aromatic carbocycles. The van der Waals surface area contributed by atoms with Gasteiger partial charge in [-0.25, -0.2) is 4.79 Å². The number of rotatable bonds is 4. The molecule has 0 atom stereocenters. The molecule has 23 heavy (non-hydrogen) atoms. The lowest BCUT2D eigenvalue weighted by atomic mass is 10.2. The van der Waals surface area contributed by atoms with E-state index in [2.05, 4.69) is 15.9 Å². The second-order valence-corrected chi connectivity index (χ2v) is 5.68. The highest BCUT2D eigenvalue weighted by Gasteiger charge is 2.14. The highest BCUT2D eigenvalue weighted by atomic mass is 79.9. The molecule has 0 aromatic heterocycles. The van der Waals surface area contributed by atoms with Crippen LogP contribution in [0, 0.1) is 5.21 Å². The maximum Gasteiger partial charge on any atom is 0.415 e. The Labute approximate surface area is 141 Å². The van der Waals surface area contributed by atoms with Crippen molar-refractivity contribution in [2.75, 3.05) is 12.3 Å². The van der Waals surface area contributed by atoms with E-state index < -0.39 is 6.09 Å². The molecule has 1 amide bonds. The Kier molecular flexibility index (Phi) is 5.43. The highest BCUT2D eigenvalue weighted by Crippen LogP contribution is 2.24. The first kappa shape index (κ1) is 17.1. The number of phenolic OH excluding ortho intramolecular Hbond substituents is 1. The molecule has 0 unspecified atom stereocenters. The van der Waals surface area contributed by atoms with Crippen LogP contribution in [0.5, 0.6) is 11.5 Å². The second kappa shape index (κ2) is 7.32. The summed E-state index contributed by atoms with van der Waals surface area (Å²) in [6.07, 6.45) is -0.670. The Morgan fingerprint density at radius 2 is 2.04 bits per heavy atom. The monoisotopic (exact) mass is 381 g/mol. The molecule has 0 saturated heterocycles. The summed E-state index contributed by atoms with van der Waals surface area (Å²) in [6, 6.07) is 10.5. The minimum atomic E-state index is -0.670. The van der Waals surface area contributed by atoms with Gasteiger partial charge in [0.1, 0.15) is 11.5 Å². The number of phenols is 1. The maximum absolute atomic E-state index is 12.1. The lowest BCUT2D eigenvalue weighted by Gasteiger charge is -2.22. The average Bonchev–Trinajstić information content (AvgIpc) is 2.51. The van der Waals surface area contributed by atoms with Crippen molar-refractivity contribution in [3.05, 3.63) is 57.7 Å². The minimum Gasteiger partial charge on any atom is -0.733 e. The zero-order valence-corrected chi connectivity index (χ0v) is 13.7. The van der Waals surface area contributed by atoms with Gasteiger partial charge in [-0.1, -0.05) is 22.0 Å². The van der Waals surface area contributed by atoms with Gasteiger partial charge < -0.3 is 25.2 Å². The van der Waals surface area contributed by atoms with Gasteiger partial charge in [0.25, 0.3) is 0 Å². The van der Waals surface area contributed by atoms with Gasteiger partial charge in [-0.15, -0.1) is 0 Å². The Morgan fingerprint density at radius 1 is 1.30 bits per heavy atom. The van der Waals surface area contributed by atoms with Gasteiger partial charge in [-0.05, 0) is 30.3 Å². The van der Waals surface area contributed by atoms with Gasteiger partial charge >= 0.3 is 6.09 Å². The van der Waals surface area contributed by atoms with E-state index in [1.54, 1.807) is 12.1 Å². The molecule has 0 fully saturated rings. The highest BCUT2D eigenvalue weighted by molar-refractivity contribution is 9.10. The third-order valence-corrected chi connectivity index (χ3v) is 3.50. The van der Waals surface area contributed by atoms with Crippen LogP contribution in [0.2, 0.25) is 0 Å². The van der Waals surface area contributed by atoms with Gasteiger partial charge in [-0.2, -0.15) is 0 Å². The van der Waals surface area contributed by atoms with E-state index in [9.17, 15) is 15.1 Å². The van der Waals surface area contributed by atoms with Crippen LogP contribution in [0.15, 0.2) is 46.9 Å². The van der Waals surface area contributed by atoms with Crippen LogP contribution in [0.25, 0.3) is 0 Å². The van der Waals surface area contributed by atoms with Crippen LogP contribution < -0.4 is 9.96 Å². The summed E-state index contributed by atoms with van der Waals surface area (Å²) < 4.78 is 5.90. The number of carbonyl (C=O) groups excluding carboxylic acids is 1. The average molecular weight is 382 g/mol. The van der Waals surface area contributed by atoms with Crippen LogP contribution in [0.3, 0.4) is 0 Å². The fourth-order valence-electron chi connectivity index (χ4n) is 1.85. The summed E-state index contributed by atoms with van der Waals surface area (Å²) in [6.45, 7) is 0.136. The molecule has 0 radical (unpaired) electrons. The first-order valence-corrected chi connectivity index (χ1v) is 7.32. The van der Waals surface area contributed by atoms with E-state index in [4.69, 9.17) is 9.94 Å². The van der Waals surface area contributed by atoms with Crippen LogP contribution >= 0.6 is 15.9 Å². The third kappa shape index (κ3) is 4.59. The summed E-state index contributed by atoms with van der Waals surface area (Å²) in [5, 5.41) is 29.1. The van der Waals surface area contributed by atoms with E-state index in [0.717, 1.165) is 4.47 Å². The van der Waals surface area contributed by atoms with Crippen LogP contribution in [-0.2, 0) is 6.54 Å². The Bertz CT molecular complexity index is 708. The van der Waals surface area contributed by atoms with Gasteiger partial charge in [0.15, 0.2) is 0 Å². The van der Waals surface area contributed by atoms with Gasteiger partial charge in [0, 0.05) is 23.2 Å². The fourth-order valence-corrected chi connectivity index (χ4v) is 2.25. The third-order valence-electron chi connectivity index (χ3n) is 3.00. The van der Waals surface area contributed by atoms with E-state index in [-0.39, 0.29) is 29.0 Å². The van der Waals surface area contributed by atoms with Crippen LogP contribution in [-0.4, -0.2) is 28.4 Å². The van der Waals surface area contributed by atoms with E-state index in [1.165, 1.54) is 42.3 Å². The van der Waals surface area contributed by atoms with Crippen molar-refractivity contribution >= 4 is 27.7 Å². The SMILES string of the molecule is CN(Cc1cc(Br)ccc1O)C(=O)Oc1cccc(N([O-])O)c1. The molecule has 2 N–H and O–H groups in total. The molecule has 122 valence electrons. The van der Waals surface area contributed by atoms with Crippen molar-refractivity contribution in [2.45, 2.75) is 6.54 Å². The number of aromatic hydroxyl groups is 1. The lowest BCUT2D eigenvalue weighted by Crippen LogP contribution is -2.29. The first-order chi connectivity index (χ1) is 10.9. The van der Waals surface area contributed by atoms with Crippen molar-refractivity contribution < 1.29 is 19.8 Å². The second-order valence-electron chi connectivity index (χ2n) is 4.77. The number of amides is 1. The van der Waals surface area contributed by atoms with Crippen molar-refractivity contribution in [1.29, 1.82) is 0 Å². The largest absolute Gasteiger partial charge is 0.733 e. The predicted octanol–water partition coefficient (Wildman–Crippen LogP) is 3.48. The first-order valence-electron chi connectivity index (χ1n) is 6.53. The molecule has 0 aliphatic heterocycles. The van der Waals surface area contributed by atoms with Crippen LogP contribution in [0.4, 0.5) is 10.5 Å². The number of anilines is 1. The predicted molar refractivity (Wildman–Crippen MR) is 87.4 cm³/mol. The summed E-state index contributed by atoms with van der Waals surface area (Å²) in [7, 11) is 1.51. The summed E-state index contributed by atoms with van der Waals surface area (Å²) in [4.78, 5) is 13.3. The number of hydrogen-bond acceptors (Lipinski definition) is 6. The minimum absolute atomic E-state index is 0.0532. The number of hydrogen-bond donors (Lipinski definition) is 2. The molecule has 0 spiro atoms. The van der Waals surface area contributed by atoms with Gasteiger partial charge in [-0.3, -0.25) is 5.21 Å². The maximum atomic E-state index is 12.1. The lowest BCUT2D eigenvalue weighted by molar-refractivity contribution is 0.160. The van der Waals surface area contributed by atoms with E-state index >= 15 is 0 Å². The number of ether oxygens (including phenoxy) is 1. The smallest absolute Gasteiger partial charge is 0.415 e. The van der Waals surface area contributed by atoms with E-state index in [0.29, 0.717) is 5.56 Å². The molecular weight excluding hydrogens is 368 g/mol. The molecule has 0 bridgehead atoms. The summed E-state index contributed by atoms with van der Waals surface area (Å²) in [5.74, 6) is 0.185. The number of halogens is 1.